The summed E-state index contributed by atoms with van der Waals surface area (Å²) in [7, 11) is 0. The molecule has 1 aromatic rings. The lowest BCUT2D eigenvalue weighted by atomic mass is 9.96. The number of nitrogens with zero attached hydrogens (tertiary/aromatic N) is 2. The second-order valence-electron chi connectivity index (χ2n) is 7.69. The molecule has 2 aliphatic rings. The van der Waals surface area contributed by atoms with Crippen molar-refractivity contribution in [3.8, 4) is 5.75 Å². The third-order valence-electron chi connectivity index (χ3n) is 5.23. The summed E-state index contributed by atoms with van der Waals surface area (Å²) < 4.78 is 5.75. The Balaban J connectivity index is 1.83. The van der Waals surface area contributed by atoms with Crippen LogP contribution in [0, 0.1) is 6.92 Å². The molecule has 2 saturated heterocycles. The molecule has 0 spiro atoms. The molecule has 2 heterocycles. The van der Waals surface area contributed by atoms with E-state index in [1.807, 2.05) is 26.0 Å². The highest BCUT2D eigenvalue weighted by Crippen LogP contribution is 2.35. The molecular formula is C22H28N2O4S. The molecule has 0 atom stereocenters. The number of carbonyl (C=O) groups excluding carboxylic acids is 3. The normalized spacial score (nSPS) is 18.4. The van der Waals surface area contributed by atoms with Crippen molar-refractivity contribution in [2.75, 3.05) is 26.2 Å². The van der Waals surface area contributed by atoms with Crippen molar-refractivity contribution in [2.45, 2.75) is 46.5 Å². The van der Waals surface area contributed by atoms with Crippen molar-refractivity contribution in [3.05, 3.63) is 33.7 Å². The van der Waals surface area contributed by atoms with Gasteiger partial charge in [-0.25, -0.2) is 0 Å². The molecule has 6 nitrogen and oxygen atoms in total. The quantitative estimate of drug-likeness (QED) is 0.651. The molecule has 0 bridgehead atoms. The standard InChI is InChI=1S/C22H28N2O4S/c1-5-28-18-10-15(4)16(11-17(18)14(2)3)12-19-21(26)24(22(27)29-19)13-20(25)23-8-6-7-9-23/h10-12,14H,5-9,13H2,1-4H3. The molecular weight excluding hydrogens is 388 g/mol. The lowest BCUT2D eigenvalue weighted by molar-refractivity contribution is -0.135. The number of carbonyl (C=O) groups is 3. The average Bonchev–Trinajstić information content (AvgIpc) is 3.28. The van der Waals surface area contributed by atoms with Crippen LogP contribution >= 0.6 is 11.8 Å². The van der Waals surface area contributed by atoms with Crippen LogP contribution in [0.15, 0.2) is 17.0 Å². The van der Waals surface area contributed by atoms with E-state index in [1.54, 1.807) is 11.0 Å². The summed E-state index contributed by atoms with van der Waals surface area (Å²) in [6.45, 7) is 9.91. The van der Waals surface area contributed by atoms with Gasteiger partial charge in [0.25, 0.3) is 11.1 Å². The van der Waals surface area contributed by atoms with E-state index in [9.17, 15) is 14.4 Å². The number of ether oxygens (including phenoxy) is 1. The van der Waals surface area contributed by atoms with Gasteiger partial charge in [-0.3, -0.25) is 19.3 Å². The SMILES string of the molecule is CCOc1cc(C)c(C=C2SC(=O)N(CC(=O)N3CCCC3)C2=O)cc1C(C)C. The van der Waals surface area contributed by atoms with E-state index >= 15 is 0 Å². The number of hydrogen-bond acceptors (Lipinski definition) is 5. The van der Waals surface area contributed by atoms with Crippen LogP contribution in [-0.2, 0) is 9.59 Å². The second kappa shape index (κ2) is 9.03. The van der Waals surface area contributed by atoms with Gasteiger partial charge in [-0.15, -0.1) is 0 Å². The van der Waals surface area contributed by atoms with Crippen LogP contribution in [0.5, 0.6) is 5.75 Å². The van der Waals surface area contributed by atoms with Gasteiger partial charge >= 0.3 is 0 Å². The van der Waals surface area contributed by atoms with E-state index in [2.05, 4.69) is 13.8 Å². The van der Waals surface area contributed by atoms with Gasteiger partial charge < -0.3 is 9.64 Å². The number of likely N-dealkylation sites (tertiary alicyclic amines) is 1. The van der Waals surface area contributed by atoms with E-state index in [1.165, 1.54) is 0 Å². The first kappa shape index (κ1) is 21.4. The fraction of sp³-hybridized carbons (Fsp3) is 0.500. The first-order valence-electron chi connectivity index (χ1n) is 10.1. The van der Waals surface area contributed by atoms with Crippen molar-refractivity contribution in [1.29, 1.82) is 0 Å². The van der Waals surface area contributed by atoms with Gasteiger partial charge in [0.05, 0.1) is 11.5 Å². The molecule has 2 fully saturated rings. The summed E-state index contributed by atoms with van der Waals surface area (Å²) in [4.78, 5) is 40.7. The average molecular weight is 417 g/mol. The number of thioether (sulfide) groups is 1. The lowest BCUT2D eigenvalue weighted by Gasteiger charge is -2.18. The number of aryl methyl sites for hydroxylation is 1. The third-order valence-corrected chi connectivity index (χ3v) is 6.14. The van der Waals surface area contributed by atoms with E-state index in [4.69, 9.17) is 4.74 Å². The molecule has 0 aliphatic carbocycles. The first-order chi connectivity index (χ1) is 13.8. The fourth-order valence-corrected chi connectivity index (χ4v) is 4.41. The zero-order valence-corrected chi connectivity index (χ0v) is 18.3. The molecule has 0 aromatic heterocycles. The molecule has 0 radical (unpaired) electrons. The summed E-state index contributed by atoms with van der Waals surface area (Å²) in [5, 5.41) is -0.388. The molecule has 29 heavy (non-hydrogen) atoms. The Morgan fingerprint density at radius 3 is 2.55 bits per heavy atom. The fourth-order valence-electron chi connectivity index (χ4n) is 3.58. The first-order valence-corrected chi connectivity index (χ1v) is 10.9. The minimum Gasteiger partial charge on any atom is -0.494 e. The van der Waals surface area contributed by atoms with E-state index in [0.29, 0.717) is 24.6 Å². The minimum absolute atomic E-state index is 0.162. The van der Waals surface area contributed by atoms with Gasteiger partial charge in [0.1, 0.15) is 12.3 Å². The second-order valence-corrected chi connectivity index (χ2v) is 8.68. The van der Waals surface area contributed by atoms with Crippen LogP contribution in [0.2, 0.25) is 0 Å². The van der Waals surface area contributed by atoms with Gasteiger partial charge in [-0.05, 0) is 79.3 Å². The Morgan fingerprint density at radius 1 is 1.24 bits per heavy atom. The van der Waals surface area contributed by atoms with Crippen LogP contribution in [0.3, 0.4) is 0 Å². The monoisotopic (exact) mass is 416 g/mol. The summed E-state index contributed by atoms with van der Waals surface area (Å²) >= 11 is 0.895. The molecule has 0 saturated carbocycles. The van der Waals surface area contributed by atoms with Crippen LogP contribution < -0.4 is 4.74 Å². The number of rotatable bonds is 6. The van der Waals surface area contributed by atoms with Gasteiger partial charge in [0.15, 0.2) is 0 Å². The molecule has 3 rings (SSSR count). The Morgan fingerprint density at radius 2 is 1.93 bits per heavy atom. The molecule has 3 amide bonds. The largest absolute Gasteiger partial charge is 0.494 e. The Kier molecular flexibility index (Phi) is 6.67. The number of benzene rings is 1. The van der Waals surface area contributed by atoms with Gasteiger partial charge in [-0.1, -0.05) is 13.8 Å². The molecule has 0 N–H and O–H groups in total. The van der Waals surface area contributed by atoms with Crippen LogP contribution in [0.1, 0.15) is 56.2 Å². The van der Waals surface area contributed by atoms with Crippen LogP contribution in [0.4, 0.5) is 4.79 Å². The van der Waals surface area contributed by atoms with E-state index in [0.717, 1.165) is 51.9 Å². The maximum Gasteiger partial charge on any atom is 0.294 e. The molecule has 2 aliphatic heterocycles. The van der Waals surface area contributed by atoms with Crippen molar-refractivity contribution >= 4 is 34.9 Å². The smallest absolute Gasteiger partial charge is 0.294 e. The molecule has 156 valence electrons. The maximum absolute atomic E-state index is 12.8. The third kappa shape index (κ3) is 4.66. The lowest BCUT2D eigenvalue weighted by Crippen LogP contribution is -2.40. The number of amides is 3. The van der Waals surface area contributed by atoms with Crippen LogP contribution in [0.25, 0.3) is 6.08 Å². The predicted octanol–water partition coefficient (Wildman–Crippen LogP) is 4.18. The Bertz CT molecular complexity index is 857. The minimum atomic E-state index is -0.396. The summed E-state index contributed by atoms with van der Waals surface area (Å²) in [5.74, 6) is 0.552. The Hall–Kier alpha value is -2.28. The Labute approximate surface area is 176 Å². The van der Waals surface area contributed by atoms with Crippen molar-refractivity contribution in [1.82, 2.24) is 9.80 Å². The highest BCUT2D eigenvalue weighted by Gasteiger charge is 2.37. The summed E-state index contributed by atoms with van der Waals surface area (Å²) in [5.41, 5.74) is 2.92. The highest BCUT2D eigenvalue weighted by atomic mass is 32.2. The summed E-state index contributed by atoms with van der Waals surface area (Å²) in [6.07, 6.45) is 3.70. The van der Waals surface area contributed by atoms with Gasteiger partial charge in [0.2, 0.25) is 5.91 Å². The zero-order valence-electron chi connectivity index (χ0n) is 17.5. The van der Waals surface area contributed by atoms with Gasteiger partial charge in [0, 0.05) is 13.1 Å². The van der Waals surface area contributed by atoms with Crippen molar-refractivity contribution < 1.29 is 19.1 Å². The molecule has 1 aromatic carbocycles. The number of imide groups is 1. The molecule has 7 heteroatoms. The van der Waals surface area contributed by atoms with Crippen molar-refractivity contribution in [2.24, 2.45) is 0 Å². The topological polar surface area (TPSA) is 66.9 Å². The maximum atomic E-state index is 12.8. The van der Waals surface area contributed by atoms with Gasteiger partial charge in [-0.2, -0.15) is 0 Å². The zero-order chi connectivity index (χ0) is 21.1. The predicted molar refractivity (Wildman–Crippen MR) is 115 cm³/mol. The number of hydrogen-bond donors (Lipinski definition) is 0. The highest BCUT2D eigenvalue weighted by molar-refractivity contribution is 8.18. The van der Waals surface area contributed by atoms with Crippen molar-refractivity contribution in [3.63, 3.8) is 0 Å². The van der Waals surface area contributed by atoms with Crippen LogP contribution in [-0.4, -0.2) is 53.1 Å². The van der Waals surface area contributed by atoms with E-state index in [-0.39, 0.29) is 23.6 Å². The molecule has 0 unspecified atom stereocenters. The summed E-state index contributed by atoms with van der Waals surface area (Å²) in [6, 6.07) is 4.00. The van der Waals surface area contributed by atoms with E-state index < -0.39 is 5.91 Å².